The Bertz CT molecular complexity index is 937. The van der Waals surface area contributed by atoms with Crippen molar-refractivity contribution >= 4 is 11.8 Å². The van der Waals surface area contributed by atoms with Gasteiger partial charge in [0, 0.05) is 11.8 Å². The lowest BCUT2D eigenvalue weighted by Crippen LogP contribution is -2.33. The van der Waals surface area contributed by atoms with Gasteiger partial charge >= 0.3 is 0 Å². The van der Waals surface area contributed by atoms with E-state index >= 15 is 0 Å². The number of ether oxygens (including phenoxy) is 1. The largest absolute Gasteiger partial charge is 0.494 e. The fourth-order valence-corrected chi connectivity index (χ4v) is 2.77. The molecule has 0 aliphatic carbocycles. The number of halogens is 2. The van der Waals surface area contributed by atoms with Crippen LogP contribution in [0.4, 0.5) is 8.78 Å². The molecular weight excluding hydrogens is 446 g/mol. The quantitative estimate of drug-likeness (QED) is 0.441. The fraction of sp³-hybridized carbons (Fsp3) is 0.440. The lowest BCUT2D eigenvalue weighted by atomic mass is 10.1. The van der Waals surface area contributed by atoms with E-state index in [9.17, 15) is 23.5 Å². The Kier molecular flexibility index (Phi) is 12.2. The summed E-state index contributed by atoms with van der Waals surface area (Å²) in [7, 11) is 1.38. The molecule has 0 spiro atoms. The maximum Gasteiger partial charge on any atom is 0.223 e. The van der Waals surface area contributed by atoms with Gasteiger partial charge in [-0.2, -0.15) is 0 Å². The molecule has 0 bridgehead atoms. The van der Waals surface area contributed by atoms with E-state index in [1.807, 2.05) is 0 Å². The van der Waals surface area contributed by atoms with Crippen molar-refractivity contribution in [2.75, 3.05) is 20.3 Å². The minimum atomic E-state index is -0.611. The van der Waals surface area contributed by atoms with Gasteiger partial charge in [-0.1, -0.05) is 45.9 Å². The minimum absolute atomic E-state index is 0.130. The predicted molar refractivity (Wildman–Crippen MR) is 125 cm³/mol. The molecule has 2 unspecified atom stereocenters. The van der Waals surface area contributed by atoms with E-state index in [1.54, 1.807) is 45.9 Å². The first-order valence-corrected chi connectivity index (χ1v) is 10.9. The van der Waals surface area contributed by atoms with E-state index in [4.69, 9.17) is 9.84 Å². The van der Waals surface area contributed by atoms with Gasteiger partial charge in [-0.25, -0.2) is 8.78 Å². The molecule has 2 rings (SSSR count). The molecule has 0 saturated carbocycles. The molecule has 7 nitrogen and oxygen atoms in total. The molecule has 0 aliphatic rings. The normalized spacial score (nSPS) is 12.4. The Morgan fingerprint density at radius 1 is 0.853 bits per heavy atom. The number of benzene rings is 2. The van der Waals surface area contributed by atoms with Crippen LogP contribution < -0.4 is 15.4 Å². The van der Waals surface area contributed by atoms with Crippen LogP contribution in [0.1, 0.15) is 50.9 Å². The van der Waals surface area contributed by atoms with E-state index in [2.05, 4.69) is 10.6 Å². The molecule has 2 aromatic carbocycles. The molecule has 9 heteroatoms. The van der Waals surface area contributed by atoms with Gasteiger partial charge in [0.05, 0.1) is 32.4 Å². The molecule has 0 radical (unpaired) electrons. The standard InChI is InChI=1S/C13H18FNO3.C12H16FNO2/c1-8(2)13(17)15-11(7-16)9-4-5-12(18-3)10(14)6-9;1-8(2)12(16)14-11(7-15)9-4-3-5-10(13)6-9/h4-6,8,11,16H,7H2,1-3H3,(H,15,17);3-6,8,11,15H,7H2,1-2H3,(H,14,16). The van der Waals surface area contributed by atoms with Gasteiger partial charge in [-0.15, -0.1) is 0 Å². The first-order valence-electron chi connectivity index (χ1n) is 10.9. The summed E-state index contributed by atoms with van der Waals surface area (Å²) in [6.07, 6.45) is 0. The van der Waals surface area contributed by atoms with Crippen LogP contribution in [0, 0.1) is 23.5 Å². The summed E-state index contributed by atoms with van der Waals surface area (Å²) in [5.74, 6) is -1.48. The summed E-state index contributed by atoms with van der Waals surface area (Å²) in [5.41, 5.74) is 1.07. The van der Waals surface area contributed by atoms with E-state index < -0.39 is 17.9 Å². The van der Waals surface area contributed by atoms with E-state index in [0.717, 1.165) is 0 Å². The second-order valence-electron chi connectivity index (χ2n) is 8.25. The third-order valence-electron chi connectivity index (χ3n) is 4.88. The highest BCUT2D eigenvalue weighted by atomic mass is 19.1. The highest BCUT2D eigenvalue weighted by molar-refractivity contribution is 5.78. The lowest BCUT2D eigenvalue weighted by Gasteiger charge is -2.18. The molecule has 0 aliphatic heterocycles. The summed E-state index contributed by atoms with van der Waals surface area (Å²) >= 11 is 0. The first-order chi connectivity index (χ1) is 16.0. The Balaban J connectivity index is 0.000000342. The van der Waals surface area contributed by atoms with E-state index in [1.165, 1.54) is 31.4 Å². The van der Waals surface area contributed by atoms with Crippen LogP contribution in [0.2, 0.25) is 0 Å². The summed E-state index contributed by atoms with van der Waals surface area (Å²) < 4.78 is 31.3. The number of rotatable bonds is 9. The van der Waals surface area contributed by atoms with Gasteiger partial charge in [-0.3, -0.25) is 9.59 Å². The van der Waals surface area contributed by atoms with E-state index in [0.29, 0.717) is 11.1 Å². The SMILES string of the molecule is CC(C)C(=O)NC(CO)c1cccc(F)c1.COc1ccc(C(CO)NC(=O)C(C)C)cc1F. The number of hydrogen-bond donors (Lipinski definition) is 4. The Hall–Kier alpha value is -3.04. The molecular formula is C25H34F2N2O5. The van der Waals surface area contributed by atoms with Crippen LogP contribution in [0.25, 0.3) is 0 Å². The van der Waals surface area contributed by atoms with Crippen LogP contribution in [0.15, 0.2) is 42.5 Å². The average Bonchev–Trinajstić information content (AvgIpc) is 2.80. The number of amides is 2. The zero-order valence-electron chi connectivity index (χ0n) is 20.1. The number of aliphatic hydroxyl groups excluding tert-OH is 2. The molecule has 2 aromatic rings. The second kappa shape index (κ2) is 14.3. The van der Waals surface area contributed by atoms with Crippen molar-refractivity contribution in [3.63, 3.8) is 0 Å². The first kappa shape index (κ1) is 29.0. The molecule has 2 atom stereocenters. The molecule has 188 valence electrons. The Labute approximate surface area is 199 Å². The van der Waals surface area contributed by atoms with Crippen LogP contribution in [0.5, 0.6) is 5.75 Å². The van der Waals surface area contributed by atoms with Gasteiger partial charge in [0.15, 0.2) is 11.6 Å². The second-order valence-corrected chi connectivity index (χ2v) is 8.25. The fourth-order valence-electron chi connectivity index (χ4n) is 2.77. The lowest BCUT2D eigenvalue weighted by molar-refractivity contribution is -0.125. The average molecular weight is 481 g/mol. The van der Waals surface area contributed by atoms with Gasteiger partial charge in [0.25, 0.3) is 0 Å². The summed E-state index contributed by atoms with van der Waals surface area (Å²) in [6.45, 7) is 6.48. The molecule has 4 N–H and O–H groups in total. The number of nitrogens with one attached hydrogen (secondary N) is 2. The number of hydrogen-bond acceptors (Lipinski definition) is 5. The molecule has 34 heavy (non-hydrogen) atoms. The molecule has 0 aromatic heterocycles. The zero-order chi connectivity index (χ0) is 25.8. The number of aliphatic hydroxyl groups is 2. The van der Waals surface area contributed by atoms with Gasteiger partial charge in [0.2, 0.25) is 11.8 Å². The highest BCUT2D eigenvalue weighted by Gasteiger charge is 2.18. The number of carbonyl (C=O) groups is 2. The maximum atomic E-state index is 13.5. The summed E-state index contributed by atoms with van der Waals surface area (Å²) in [5, 5.41) is 23.7. The summed E-state index contributed by atoms with van der Waals surface area (Å²) in [4.78, 5) is 23.0. The number of methoxy groups -OCH3 is 1. The van der Waals surface area contributed by atoms with Crippen molar-refractivity contribution in [3.8, 4) is 5.75 Å². The number of carbonyl (C=O) groups excluding carboxylic acids is 2. The molecule has 0 fully saturated rings. The zero-order valence-corrected chi connectivity index (χ0v) is 20.1. The topological polar surface area (TPSA) is 108 Å². The van der Waals surface area contributed by atoms with Crippen LogP contribution in [0.3, 0.4) is 0 Å². The van der Waals surface area contributed by atoms with Gasteiger partial charge in [-0.05, 0) is 35.4 Å². The van der Waals surface area contributed by atoms with Crippen LogP contribution >= 0.6 is 0 Å². The molecule has 0 saturated heterocycles. The Morgan fingerprint density at radius 3 is 1.74 bits per heavy atom. The van der Waals surface area contributed by atoms with E-state index in [-0.39, 0.29) is 48.4 Å². The Morgan fingerprint density at radius 2 is 1.35 bits per heavy atom. The van der Waals surface area contributed by atoms with Crippen LogP contribution in [-0.2, 0) is 9.59 Å². The van der Waals surface area contributed by atoms with Gasteiger partial charge in [0.1, 0.15) is 5.82 Å². The van der Waals surface area contributed by atoms with Crippen molar-refractivity contribution in [1.29, 1.82) is 0 Å². The maximum absolute atomic E-state index is 13.5. The van der Waals surface area contributed by atoms with Crippen molar-refractivity contribution in [2.45, 2.75) is 39.8 Å². The van der Waals surface area contributed by atoms with Gasteiger partial charge < -0.3 is 25.6 Å². The molecule has 0 heterocycles. The summed E-state index contributed by atoms with van der Waals surface area (Å²) in [6, 6.07) is 9.02. The van der Waals surface area contributed by atoms with Crippen molar-refractivity contribution in [3.05, 3.63) is 65.2 Å². The predicted octanol–water partition coefficient (Wildman–Crippen LogP) is 3.27. The molecule has 2 amide bonds. The smallest absolute Gasteiger partial charge is 0.223 e. The van der Waals surface area contributed by atoms with Crippen molar-refractivity contribution in [1.82, 2.24) is 10.6 Å². The van der Waals surface area contributed by atoms with Crippen molar-refractivity contribution < 1.29 is 33.3 Å². The van der Waals surface area contributed by atoms with Crippen LogP contribution in [-0.4, -0.2) is 42.4 Å². The third-order valence-corrected chi connectivity index (χ3v) is 4.88. The monoisotopic (exact) mass is 480 g/mol. The highest BCUT2D eigenvalue weighted by Crippen LogP contribution is 2.22. The minimum Gasteiger partial charge on any atom is -0.494 e. The van der Waals surface area contributed by atoms with Crippen molar-refractivity contribution in [2.24, 2.45) is 11.8 Å². The third kappa shape index (κ3) is 9.07.